The Kier molecular flexibility index (Phi) is 5.57. The molecule has 1 N–H and O–H groups in total. The van der Waals surface area contributed by atoms with Crippen molar-refractivity contribution in [2.24, 2.45) is 0 Å². The number of nitrogens with zero attached hydrogens (tertiary/aromatic N) is 1. The Hall–Kier alpha value is -2.99. The summed E-state index contributed by atoms with van der Waals surface area (Å²) >= 11 is 0. The van der Waals surface area contributed by atoms with Crippen molar-refractivity contribution in [3.8, 4) is 0 Å². The fraction of sp³-hybridized carbons (Fsp3) is 0.348. The number of hydrogen-bond donors (Lipinski definition) is 1. The molecule has 3 rings (SSSR count). The van der Waals surface area contributed by atoms with Gasteiger partial charge in [0.2, 0.25) is 0 Å². The lowest BCUT2D eigenvalue weighted by atomic mass is 9.85. The molecule has 1 atom stereocenters. The van der Waals surface area contributed by atoms with Crippen LogP contribution in [0.1, 0.15) is 46.0 Å². The number of carbonyl (C=O) groups is 3. The standard InChI is InChI=1S/C23H25NO5/c1-5-29-20(26)13-24-18-9-7-6-8-17(18)23(28,22(24)27)12-19(25)21-15(3)10-14(2)11-16(21)4/h6-11,28H,5,12-13H2,1-4H3/t23-/m1/s1. The van der Waals surface area contributed by atoms with E-state index >= 15 is 0 Å². The highest BCUT2D eigenvalue weighted by molar-refractivity contribution is 6.12. The van der Waals surface area contributed by atoms with Crippen LogP contribution in [0.5, 0.6) is 0 Å². The minimum Gasteiger partial charge on any atom is -0.465 e. The number of benzene rings is 2. The van der Waals surface area contributed by atoms with Crippen LogP contribution in [0.25, 0.3) is 0 Å². The van der Waals surface area contributed by atoms with Crippen LogP contribution in [-0.2, 0) is 19.9 Å². The maximum Gasteiger partial charge on any atom is 0.326 e. The van der Waals surface area contributed by atoms with E-state index in [1.807, 2.05) is 32.9 Å². The molecule has 2 aromatic rings. The van der Waals surface area contributed by atoms with E-state index in [1.54, 1.807) is 31.2 Å². The topological polar surface area (TPSA) is 83.9 Å². The molecule has 29 heavy (non-hydrogen) atoms. The lowest BCUT2D eigenvalue weighted by Crippen LogP contribution is -2.44. The Bertz CT molecular complexity index is 974. The third-order valence-corrected chi connectivity index (χ3v) is 5.20. The van der Waals surface area contributed by atoms with Gasteiger partial charge in [-0.2, -0.15) is 0 Å². The molecule has 0 spiro atoms. The van der Waals surface area contributed by atoms with E-state index in [4.69, 9.17) is 4.74 Å². The van der Waals surface area contributed by atoms with E-state index in [1.165, 1.54) is 4.90 Å². The summed E-state index contributed by atoms with van der Waals surface area (Å²) < 4.78 is 4.95. The molecule has 0 fully saturated rings. The maximum atomic E-state index is 13.1. The molecule has 1 amide bonds. The molecule has 152 valence electrons. The highest BCUT2D eigenvalue weighted by Gasteiger charge is 2.51. The Labute approximate surface area is 170 Å². The van der Waals surface area contributed by atoms with Crippen molar-refractivity contribution in [3.05, 3.63) is 64.2 Å². The first-order valence-corrected chi connectivity index (χ1v) is 9.59. The number of aryl methyl sites for hydroxylation is 3. The molecule has 1 aliphatic rings. The minimum atomic E-state index is -2.02. The average molecular weight is 395 g/mol. The summed E-state index contributed by atoms with van der Waals surface area (Å²) in [5, 5.41) is 11.3. The predicted octanol–water partition coefficient (Wildman–Crippen LogP) is 2.98. The number of Topliss-reactive ketones (excluding diaryl/α,β-unsaturated/α-hetero) is 1. The Morgan fingerprint density at radius 2 is 1.72 bits per heavy atom. The van der Waals surface area contributed by atoms with Gasteiger partial charge in [0.25, 0.3) is 5.91 Å². The predicted molar refractivity (Wildman–Crippen MR) is 109 cm³/mol. The first kappa shape index (κ1) is 20.7. The van der Waals surface area contributed by atoms with Gasteiger partial charge in [-0.3, -0.25) is 19.3 Å². The molecular weight excluding hydrogens is 370 g/mol. The van der Waals surface area contributed by atoms with Gasteiger partial charge in [0, 0.05) is 11.1 Å². The summed E-state index contributed by atoms with van der Waals surface area (Å²) in [5.41, 5.74) is 1.88. The second kappa shape index (κ2) is 7.79. The van der Waals surface area contributed by atoms with Gasteiger partial charge in [0.05, 0.1) is 18.7 Å². The van der Waals surface area contributed by atoms with Gasteiger partial charge < -0.3 is 9.84 Å². The number of fused-ring (bicyclic) bond motifs is 1. The number of hydrogen-bond acceptors (Lipinski definition) is 5. The van der Waals surface area contributed by atoms with Gasteiger partial charge >= 0.3 is 5.97 Å². The zero-order valence-electron chi connectivity index (χ0n) is 17.1. The zero-order valence-corrected chi connectivity index (χ0v) is 17.1. The summed E-state index contributed by atoms with van der Waals surface area (Å²) in [6.45, 7) is 7.19. The molecule has 0 bridgehead atoms. The van der Waals surface area contributed by atoms with E-state index in [0.717, 1.165) is 16.7 Å². The van der Waals surface area contributed by atoms with Crippen molar-refractivity contribution in [2.45, 2.75) is 39.7 Å². The largest absolute Gasteiger partial charge is 0.465 e. The fourth-order valence-electron chi connectivity index (χ4n) is 4.11. The molecule has 0 unspecified atom stereocenters. The van der Waals surface area contributed by atoms with E-state index in [9.17, 15) is 19.5 Å². The quantitative estimate of drug-likeness (QED) is 0.600. The summed E-state index contributed by atoms with van der Waals surface area (Å²) in [6, 6.07) is 10.5. The van der Waals surface area contributed by atoms with Crippen LogP contribution in [-0.4, -0.2) is 35.9 Å². The van der Waals surface area contributed by atoms with Crippen molar-refractivity contribution in [1.82, 2.24) is 0 Å². The number of carbonyl (C=O) groups excluding carboxylic acids is 3. The third-order valence-electron chi connectivity index (χ3n) is 5.20. The molecule has 0 aliphatic carbocycles. The number of anilines is 1. The average Bonchev–Trinajstić information content (AvgIpc) is 2.83. The summed E-state index contributed by atoms with van der Waals surface area (Å²) in [6.07, 6.45) is -0.396. The van der Waals surface area contributed by atoms with Gasteiger partial charge in [0.1, 0.15) is 6.54 Å². The summed E-state index contributed by atoms with van der Waals surface area (Å²) in [5.74, 6) is -1.58. The molecule has 6 nitrogen and oxygen atoms in total. The van der Waals surface area contributed by atoms with Gasteiger partial charge in [-0.1, -0.05) is 35.9 Å². The Morgan fingerprint density at radius 1 is 1.10 bits per heavy atom. The first-order chi connectivity index (χ1) is 13.7. The molecular formula is C23H25NO5. The smallest absolute Gasteiger partial charge is 0.326 e. The number of esters is 1. The molecule has 2 aromatic carbocycles. The maximum absolute atomic E-state index is 13.1. The van der Waals surface area contributed by atoms with Gasteiger partial charge in [-0.05, 0) is 44.9 Å². The van der Waals surface area contributed by atoms with Crippen LogP contribution in [0.3, 0.4) is 0 Å². The third kappa shape index (κ3) is 3.68. The molecule has 0 aromatic heterocycles. The van der Waals surface area contributed by atoms with E-state index in [2.05, 4.69) is 0 Å². The molecule has 1 aliphatic heterocycles. The van der Waals surface area contributed by atoms with Crippen molar-refractivity contribution in [2.75, 3.05) is 18.1 Å². The molecule has 6 heteroatoms. The Morgan fingerprint density at radius 3 is 2.34 bits per heavy atom. The molecule has 0 radical (unpaired) electrons. The van der Waals surface area contributed by atoms with Gasteiger partial charge in [-0.15, -0.1) is 0 Å². The van der Waals surface area contributed by atoms with E-state index < -0.39 is 23.9 Å². The zero-order chi connectivity index (χ0) is 21.3. The number of ketones is 1. The van der Waals surface area contributed by atoms with Crippen LogP contribution < -0.4 is 4.90 Å². The number of ether oxygens (including phenoxy) is 1. The highest BCUT2D eigenvalue weighted by atomic mass is 16.5. The van der Waals surface area contributed by atoms with Crippen LogP contribution in [0.4, 0.5) is 5.69 Å². The lowest BCUT2D eigenvalue weighted by molar-refractivity contribution is -0.144. The number of para-hydroxylation sites is 1. The van der Waals surface area contributed by atoms with Crippen LogP contribution in [0, 0.1) is 20.8 Å². The minimum absolute atomic E-state index is 0.192. The normalized spacial score (nSPS) is 18.0. The van der Waals surface area contributed by atoms with Gasteiger partial charge in [-0.25, -0.2) is 0 Å². The molecule has 0 saturated carbocycles. The number of aliphatic hydroxyl groups is 1. The van der Waals surface area contributed by atoms with Gasteiger partial charge in [0.15, 0.2) is 11.4 Å². The van der Waals surface area contributed by atoms with Crippen LogP contribution >= 0.6 is 0 Å². The van der Waals surface area contributed by atoms with E-state index in [-0.39, 0.29) is 18.9 Å². The van der Waals surface area contributed by atoms with Crippen molar-refractivity contribution in [1.29, 1.82) is 0 Å². The summed E-state index contributed by atoms with van der Waals surface area (Å²) in [7, 11) is 0. The lowest BCUT2D eigenvalue weighted by Gasteiger charge is -2.23. The first-order valence-electron chi connectivity index (χ1n) is 9.59. The van der Waals surface area contributed by atoms with Crippen LogP contribution in [0.2, 0.25) is 0 Å². The molecule has 0 saturated heterocycles. The monoisotopic (exact) mass is 395 g/mol. The summed E-state index contributed by atoms with van der Waals surface area (Å²) in [4.78, 5) is 39.4. The number of amides is 1. The van der Waals surface area contributed by atoms with Crippen molar-refractivity contribution >= 4 is 23.3 Å². The Balaban J connectivity index is 1.98. The van der Waals surface area contributed by atoms with Crippen molar-refractivity contribution in [3.63, 3.8) is 0 Å². The van der Waals surface area contributed by atoms with E-state index in [0.29, 0.717) is 16.8 Å². The highest BCUT2D eigenvalue weighted by Crippen LogP contribution is 2.43. The SMILES string of the molecule is CCOC(=O)CN1C(=O)[C@@](O)(CC(=O)c2c(C)cc(C)cc2C)c2ccccc21. The number of rotatable bonds is 6. The molecule has 1 heterocycles. The van der Waals surface area contributed by atoms with Crippen LogP contribution in [0.15, 0.2) is 36.4 Å². The second-order valence-corrected chi connectivity index (χ2v) is 7.45. The fourth-order valence-corrected chi connectivity index (χ4v) is 4.11. The van der Waals surface area contributed by atoms with Crippen molar-refractivity contribution < 1.29 is 24.2 Å². The second-order valence-electron chi connectivity index (χ2n) is 7.45.